The molecule has 3 aliphatic rings. The maximum atomic E-state index is 13.2. The summed E-state index contributed by atoms with van der Waals surface area (Å²) in [6, 6.07) is 4.48. The molecule has 0 bridgehead atoms. The summed E-state index contributed by atoms with van der Waals surface area (Å²) >= 11 is 0. The number of carbonyl (C=O) groups is 2. The van der Waals surface area contributed by atoms with Gasteiger partial charge in [-0.2, -0.15) is 4.31 Å². The van der Waals surface area contributed by atoms with Gasteiger partial charge in [0.15, 0.2) is 0 Å². The number of hydrogen-bond donors (Lipinski definition) is 1. The van der Waals surface area contributed by atoms with E-state index in [0.29, 0.717) is 25.2 Å². The molecular formula is C24H35N3O4S. The van der Waals surface area contributed by atoms with Gasteiger partial charge in [0.25, 0.3) is 0 Å². The van der Waals surface area contributed by atoms with E-state index in [1.54, 1.807) is 22.5 Å². The molecule has 176 valence electrons. The van der Waals surface area contributed by atoms with Gasteiger partial charge >= 0.3 is 0 Å². The summed E-state index contributed by atoms with van der Waals surface area (Å²) in [4.78, 5) is 27.4. The molecule has 1 N–H and O–H groups in total. The summed E-state index contributed by atoms with van der Waals surface area (Å²) in [5, 5.41) is 3.16. The van der Waals surface area contributed by atoms with Crippen LogP contribution < -0.4 is 10.2 Å². The first-order chi connectivity index (χ1) is 15.4. The molecule has 1 saturated heterocycles. The van der Waals surface area contributed by atoms with E-state index >= 15 is 0 Å². The number of anilines is 1. The average Bonchev–Trinajstić information content (AvgIpc) is 2.95. The van der Waals surface area contributed by atoms with Crippen molar-refractivity contribution < 1.29 is 18.0 Å². The lowest BCUT2D eigenvalue weighted by Crippen LogP contribution is -2.50. The van der Waals surface area contributed by atoms with Gasteiger partial charge in [0, 0.05) is 38.2 Å². The van der Waals surface area contributed by atoms with Gasteiger partial charge in [-0.05, 0) is 49.4 Å². The van der Waals surface area contributed by atoms with Gasteiger partial charge in [0.05, 0.1) is 4.90 Å². The zero-order chi connectivity index (χ0) is 22.7. The van der Waals surface area contributed by atoms with Crippen molar-refractivity contribution in [1.82, 2.24) is 9.62 Å². The number of hydrogen-bond acceptors (Lipinski definition) is 4. The quantitative estimate of drug-likeness (QED) is 0.697. The van der Waals surface area contributed by atoms with Crippen molar-refractivity contribution in [2.24, 2.45) is 0 Å². The van der Waals surface area contributed by atoms with Crippen LogP contribution in [0.2, 0.25) is 0 Å². The number of nitrogens with zero attached hydrogens (tertiary/aromatic N) is 2. The predicted molar refractivity (Wildman–Crippen MR) is 124 cm³/mol. The fourth-order valence-electron chi connectivity index (χ4n) is 5.34. The highest BCUT2D eigenvalue weighted by atomic mass is 32.2. The number of sulfonamides is 1. The van der Waals surface area contributed by atoms with Crippen LogP contribution in [0.5, 0.6) is 0 Å². The number of rotatable bonds is 4. The topological polar surface area (TPSA) is 86.8 Å². The van der Waals surface area contributed by atoms with E-state index in [1.807, 2.05) is 0 Å². The molecular weight excluding hydrogens is 426 g/mol. The summed E-state index contributed by atoms with van der Waals surface area (Å²) < 4.78 is 28.0. The minimum absolute atomic E-state index is 0.139. The Hall–Kier alpha value is -1.93. The van der Waals surface area contributed by atoms with E-state index in [1.165, 1.54) is 24.7 Å². The van der Waals surface area contributed by atoms with Crippen LogP contribution in [0.25, 0.3) is 0 Å². The molecule has 2 heterocycles. The summed E-state index contributed by atoms with van der Waals surface area (Å²) in [7, 11) is -3.58. The normalized spacial score (nSPS) is 23.3. The van der Waals surface area contributed by atoms with Crippen molar-refractivity contribution in [2.75, 3.05) is 18.0 Å². The third-order valence-corrected chi connectivity index (χ3v) is 8.98. The van der Waals surface area contributed by atoms with E-state index in [4.69, 9.17) is 0 Å². The molecule has 1 saturated carbocycles. The second-order valence-corrected chi connectivity index (χ2v) is 11.4. The number of fused-ring (bicyclic) bond motifs is 1. The molecule has 1 aromatic carbocycles. The maximum Gasteiger partial charge on any atom is 0.243 e. The van der Waals surface area contributed by atoms with E-state index in [9.17, 15) is 18.0 Å². The summed E-state index contributed by atoms with van der Waals surface area (Å²) in [5.74, 6) is -0.340. The molecule has 1 aromatic rings. The smallest absolute Gasteiger partial charge is 0.243 e. The minimum atomic E-state index is -3.58. The lowest BCUT2D eigenvalue weighted by atomic mass is 10.1. The summed E-state index contributed by atoms with van der Waals surface area (Å²) in [5.41, 5.74) is 1.39. The molecule has 2 fully saturated rings. The van der Waals surface area contributed by atoms with Crippen molar-refractivity contribution in [3.8, 4) is 0 Å². The molecule has 32 heavy (non-hydrogen) atoms. The van der Waals surface area contributed by atoms with Crippen LogP contribution in [0, 0.1) is 0 Å². The molecule has 2 aliphatic heterocycles. The first-order valence-corrected chi connectivity index (χ1v) is 13.5. The first-order valence-electron chi connectivity index (χ1n) is 12.1. The molecule has 0 spiro atoms. The van der Waals surface area contributed by atoms with Crippen LogP contribution in [-0.2, 0) is 26.0 Å². The van der Waals surface area contributed by atoms with Gasteiger partial charge in [-0.1, -0.05) is 38.5 Å². The fourth-order valence-corrected chi connectivity index (χ4v) is 6.91. The van der Waals surface area contributed by atoms with E-state index < -0.39 is 16.1 Å². The Kier molecular flexibility index (Phi) is 7.20. The Labute approximate surface area is 191 Å². The van der Waals surface area contributed by atoms with E-state index in [0.717, 1.165) is 56.9 Å². The second kappa shape index (κ2) is 9.91. The summed E-state index contributed by atoms with van der Waals surface area (Å²) in [6.45, 7) is 2.56. The Bertz CT molecular complexity index is 946. The van der Waals surface area contributed by atoms with Crippen molar-refractivity contribution >= 4 is 27.5 Å². The highest BCUT2D eigenvalue weighted by Gasteiger charge is 2.38. The average molecular weight is 462 g/mol. The highest BCUT2D eigenvalue weighted by molar-refractivity contribution is 7.89. The van der Waals surface area contributed by atoms with Crippen LogP contribution in [0.1, 0.15) is 76.7 Å². The van der Waals surface area contributed by atoms with Crippen LogP contribution in [0.15, 0.2) is 23.1 Å². The van der Waals surface area contributed by atoms with Gasteiger partial charge in [-0.3, -0.25) is 14.5 Å². The third kappa shape index (κ3) is 4.86. The number of benzene rings is 1. The van der Waals surface area contributed by atoms with Crippen molar-refractivity contribution in [2.45, 2.75) is 94.5 Å². The van der Waals surface area contributed by atoms with Gasteiger partial charge in [0.2, 0.25) is 21.8 Å². The lowest BCUT2D eigenvalue weighted by Gasteiger charge is -2.26. The van der Waals surface area contributed by atoms with Gasteiger partial charge in [-0.15, -0.1) is 0 Å². The second-order valence-electron chi connectivity index (χ2n) is 9.41. The molecule has 0 radical (unpaired) electrons. The molecule has 4 rings (SSSR count). The van der Waals surface area contributed by atoms with Crippen LogP contribution >= 0.6 is 0 Å². The molecule has 0 aromatic heterocycles. The molecule has 0 unspecified atom stereocenters. The van der Waals surface area contributed by atoms with E-state index in [-0.39, 0.29) is 22.8 Å². The van der Waals surface area contributed by atoms with Crippen LogP contribution in [-0.4, -0.2) is 49.7 Å². The van der Waals surface area contributed by atoms with E-state index in [2.05, 4.69) is 5.32 Å². The summed E-state index contributed by atoms with van der Waals surface area (Å²) in [6.07, 6.45) is 10.8. The highest BCUT2D eigenvalue weighted by Crippen LogP contribution is 2.35. The number of amides is 2. The Morgan fingerprint density at radius 3 is 2.19 bits per heavy atom. The number of carbonyl (C=O) groups excluding carboxylic acids is 2. The predicted octanol–water partition coefficient (Wildman–Crippen LogP) is 3.37. The van der Waals surface area contributed by atoms with Gasteiger partial charge in [-0.25, -0.2) is 8.42 Å². The fraction of sp³-hybridized carbons (Fsp3) is 0.667. The SMILES string of the molecule is CC(=O)N1c2ccc(S(=O)(=O)N3CCCCCC3)cc2C[C@H]1C(=O)NC1CCCCCC1. The monoisotopic (exact) mass is 461 g/mol. The Balaban J connectivity index is 1.55. The first kappa shape index (κ1) is 23.2. The Morgan fingerprint density at radius 1 is 0.938 bits per heavy atom. The standard InChI is InChI=1S/C24H35N3O4S/c1-18(28)27-22-13-12-21(32(30,31)26-14-8-4-5-9-15-26)16-19(22)17-23(27)24(29)25-20-10-6-2-3-7-11-20/h12-13,16,20,23H,2-11,14-15,17H2,1H3,(H,25,29)/t23-/m0/s1. The van der Waals surface area contributed by atoms with Crippen molar-refractivity contribution in [3.05, 3.63) is 23.8 Å². The lowest BCUT2D eigenvalue weighted by molar-refractivity contribution is -0.126. The zero-order valence-corrected chi connectivity index (χ0v) is 19.8. The van der Waals surface area contributed by atoms with Crippen molar-refractivity contribution in [3.63, 3.8) is 0 Å². The molecule has 7 nitrogen and oxygen atoms in total. The third-order valence-electron chi connectivity index (χ3n) is 7.08. The molecule has 8 heteroatoms. The molecule has 2 amide bonds. The van der Waals surface area contributed by atoms with Gasteiger partial charge < -0.3 is 5.32 Å². The maximum absolute atomic E-state index is 13.2. The Morgan fingerprint density at radius 2 is 1.56 bits per heavy atom. The zero-order valence-electron chi connectivity index (χ0n) is 19.0. The van der Waals surface area contributed by atoms with Crippen LogP contribution in [0.3, 0.4) is 0 Å². The minimum Gasteiger partial charge on any atom is -0.352 e. The van der Waals surface area contributed by atoms with Crippen LogP contribution in [0.4, 0.5) is 5.69 Å². The molecule has 1 atom stereocenters. The van der Waals surface area contributed by atoms with Gasteiger partial charge in [0.1, 0.15) is 6.04 Å². The molecule has 1 aliphatic carbocycles. The van der Waals surface area contributed by atoms with Crippen molar-refractivity contribution in [1.29, 1.82) is 0 Å². The number of nitrogens with one attached hydrogen (secondary N) is 1. The largest absolute Gasteiger partial charge is 0.352 e.